The van der Waals surface area contributed by atoms with E-state index in [9.17, 15) is 4.79 Å². The first-order valence-electron chi connectivity index (χ1n) is 5.26. The molecule has 0 aromatic carbocycles. The third-order valence-corrected chi connectivity index (χ3v) is 2.04. The average Bonchev–Trinajstić information content (AvgIpc) is 2.16. The van der Waals surface area contributed by atoms with E-state index in [0.29, 0.717) is 0 Å². The molecule has 0 unspecified atom stereocenters. The van der Waals surface area contributed by atoms with Gasteiger partial charge in [-0.3, -0.25) is 0 Å². The van der Waals surface area contributed by atoms with Crippen molar-refractivity contribution >= 4 is 6.03 Å². The second-order valence-corrected chi connectivity index (χ2v) is 3.27. The number of rotatable bonds is 7. The molecule has 13 heavy (non-hydrogen) atoms. The van der Waals surface area contributed by atoms with Crippen molar-refractivity contribution in [3.05, 3.63) is 0 Å². The molecule has 0 heterocycles. The second-order valence-electron chi connectivity index (χ2n) is 3.27. The maximum Gasteiger partial charge on any atom is 0.314 e. The van der Waals surface area contributed by atoms with Gasteiger partial charge in [-0.1, -0.05) is 39.0 Å². The van der Waals surface area contributed by atoms with Crippen LogP contribution in [0.1, 0.15) is 45.4 Å². The number of carbonyl (C=O) groups is 1. The first-order chi connectivity index (χ1) is 6.31. The topological polar surface area (TPSA) is 41.1 Å². The second kappa shape index (κ2) is 9.36. The van der Waals surface area contributed by atoms with Crippen LogP contribution in [0.5, 0.6) is 0 Å². The van der Waals surface area contributed by atoms with Gasteiger partial charge in [-0.25, -0.2) is 4.79 Å². The van der Waals surface area contributed by atoms with E-state index in [1.807, 2.05) is 0 Å². The Kier molecular flexibility index (Phi) is 8.83. The van der Waals surface area contributed by atoms with Crippen molar-refractivity contribution in [1.82, 2.24) is 10.6 Å². The van der Waals surface area contributed by atoms with E-state index in [-0.39, 0.29) is 6.03 Å². The van der Waals surface area contributed by atoms with Gasteiger partial charge in [0.05, 0.1) is 0 Å². The fourth-order valence-corrected chi connectivity index (χ4v) is 1.20. The highest BCUT2D eigenvalue weighted by Crippen LogP contribution is 2.03. The lowest BCUT2D eigenvalue weighted by molar-refractivity contribution is 0.242. The number of urea groups is 1. The molecule has 0 radical (unpaired) electrons. The zero-order valence-electron chi connectivity index (χ0n) is 8.86. The summed E-state index contributed by atoms with van der Waals surface area (Å²) < 4.78 is 0. The number of carbonyl (C=O) groups excluding carboxylic acids is 1. The maximum atomic E-state index is 10.7. The fourth-order valence-electron chi connectivity index (χ4n) is 1.20. The largest absolute Gasteiger partial charge is 0.341 e. The van der Waals surface area contributed by atoms with Gasteiger partial charge in [0.25, 0.3) is 0 Å². The molecule has 2 amide bonds. The predicted molar refractivity (Wildman–Crippen MR) is 55.8 cm³/mol. The minimum Gasteiger partial charge on any atom is -0.341 e. The van der Waals surface area contributed by atoms with Crippen molar-refractivity contribution in [3.8, 4) is 0 Å². The lowest BCUT2D eigenvalue weighted by Crippen LogP contribution is -2.33. The molecule has 0 saturated heterocycles. The molecule has 0 aliphatic carbocycles. The SMILES string of the molecule is CCCCCCCCNC(=O)NC. The van der Waals surface area contributed by atoms with Gasteiger partial charge in [0, 0.05) is 13.6 Å². The van der Waals surface area contributed by atoms with Crippen LogP contribution in [0, 0.1) is 0 Å². The van der Waals surface area contributed by atoms with Crippen molar-refractivity contribution in [3.63, 3.8) is 0 Å². The Labute approximate surface area is 81.3 Å². The van der Waals surface area contributed by atoms with E-state index < -0.39 is 0 Å². The van der Waals surface area contributed by atoms with Crippen molar-refractivity contribution in [1.29, 1.82) is 0 Å². The minimum atomic E-state index is -0.0754. The third-order valence-electron chi connectivity index (χ3n) is 2.04. The standard InChI is InChI=1S/C10H22N2O/c1-3-4-5-6-7-8-9-12-10(13)11-2/h3-9H2,1-2H3,(H2,11,12,13). The summed E-state index contributed by atoms with van der Waals surface area (Å²) in [5, 5.41) is 5.30. The number of unbranched alkanes of at least 4 members (excludes halogenated alkanes) is 5. The average molecular weight is 186 g/mol. The molecular weight excluding hydrogens is 164 g/mol. The molecule has 78 valence electrons. The van der Waals surface area contributed by atoms with Crippen LogP contribution in [-0.4, -0.2) is 19.6 Å². The lowest BCUT2D eigenvalue weighted by atomic mass is 10.1. The van der Waals surface area contributed by atoms with E-state index in [0.717, 1.165) is 13.0 Å². The molecule has 0 aromatic rings. The molecule has 3 heteroatoms. The van der Waals surface area contributed by atoms with Gasteiger partial charge in [-0.2, -0.15) is 0 Å². The highest BCUT2D eigenvalue weighted by Gasteiger charge is 1.93. The summed E-state index contributed by atoms with van der Waals surface area (Å²) in [6, 6.07) is -0.0754. The van der Waals surface area contributed by atoms with Crippen LogP contribution in [0.2, 0.25) is 0 Å². The van der Waals surface area contributed by atoms with Crippen LogP contribution in [0.4, 0.5) is 4.79 Å². The van der Waals surface area contributed by atoms with Crippen LogP contribution in [0.25, 0.3) is 0 Å². The predicted octanol–water partition coefficient (Wildman–Crippen LogP) is 2.28. The smallest absolute Gasteiger partial charge is 0.314 e. The summed E-state index contributed by atoms with van der Waals surface area (Å²) >= 11 is 0. The first-order valence-corrected chi connectivity index (χ1v) is 5.26. The Morgan fingerprint density at radius 1 is 1.08 bits per heavy atom. The van der Waals surface area contributed by atoms with Gasteiger partial charge in [-0.15, -0.1) is 0 Å². The molecular formula is C10H22N2O. The molecule has 3 nitrogen and oxygen atoms in total. The number of nitrogens with one attached hydrogen (secondary N) is 2. The Morgan fingerprint density at radius 2 is 1.69 bits per heavy atom. The molecule has 0 aliphatic rings. The lowest BCUT2D eigenvalue weighted by Gasteiger charge is -2.03. The fraction of sp³-hybridized carbons (Fsp3) is 0.900. The van der Waals surface area contributed by atoms with Crippen molar-refractivity contribution < 1.29 is 4.79 Å². The summed E-state index contributed by atoms with van der Waals surface area (Å²) in [5.41, 5.74) is 0. The highest BCUT2D eigenvalue weighted by molar-refractivity contribution is 5.73. The summed E-state index contributed by atoms with van der Waals surface area (Å²) in [7, 11) is 1.64. The maximum absolute atomic E-state index is 10.7. The van der Waals surface area contributed by atoms with Gasteiger partial charge >= 0.3 is 6.03 Å². The molecule has 0 spiro atoms. The van der Waals surface area contributed by atoms with Crippen LogP contribution in [-0.2, 0) is 0 Å². The molecule has 0 rings (SSSR count). The highest BCUT2D eigenvalue weighted by atomic mass is 16.2. The Hall–Kier alpha value is -0.730. The summed E-state index contributed by atoms with van der Waals surface area (Å²) in [6.07, 6.45) is 7.57. The summed E-state index contributed by atoms with van der Waals surface area (Å²) in [5.74, 6) is 0. The number of hydrogen-bond acceptors (Lipinski definition) is 1. The van der Waals surface area contributed by atoms with Crippen LogP contribution in [0.15, 0.2) is 0 Å². The van der Waals surface area contributed by atoms with Crippen molar-refractivity contribution in [2.24, 2.45) is 0 Å². The quantitative estimate of drug-likeness (QED) is 0.588. The zero-order chi connectivity index (χ0) is 9.94. The Morgan fingerprint density at radius 3 is 2.31 bits per heavy atom. The third kappa shape index (κ3) is 9.18. The molecule has 2 N–H and O–H groups in total. The van der Waals surface area contributed by atoms with Gasteiger partial charge in [-0.05, 0) is 6.42 Å². The molecule has 0 bridgehead atoms. The Balaban J connectivity index is 2.95. The van der Waals surface area contributed by atoms with Crippen LogP contribution < -0.4 is 10.6 Å². The summed E-state index contributed by atoms with van der Waals surface area (Å²) in [4.78, 5) is 10.7. The van der Waals surface area contributed by atoms with Crippen molar-refractivity contribution in [2.75, 3.05) is 13.6 Å². The zero-order valence-corrected chi connectivity index (χ0v) is 8.86. The number of amides is 2. The van der Waals surface area contributed by atoms with E-state index >= 15 is 0 Å². The summed E-state index contributed by atoms with van der Waals surface area (Å²) in [6.45, 7) is 3.01. The molecule has 0 fully saturated rings. The van der Waals surface area contributed by atoms with Crippen LogP contribution >= 0.6 is 0 Å². The normalized spacial score (nSPS) is 9.69. The monoisotopic (exact) mass is 186 g/mol. The van der Waals surface area contributed by atoms with Crippen LogP contribution in [0.3, 0.4) is 0 Å². The Bertz CT molecular complexity index is 126. The van der Waals surface area contributed by atoms with E-state index in [1.54, 1.807) is 7.05 Å². The molecule has 0 aromatic heterocycles. The molecule has 0 aliphatic heterocycles. The van der Waals surface area contributed by atoms with E-state index in [2.05, 4.69) is 17.6 Å². The van der Waals surface area contributed by atoms with Gasteiger partial charge in [0.1, 0.15) is 0 Å². The minimum absolute atomic E-state index is 0.0754. The van der Waals surface area contributed by atoms with Gasteiger partial charge in [0.2, 0.25) is 0 Å². The van der Waals surface area contributed by atoms with E-state index in [1.165, 1.54) is 32.1 Å². The van der Waals surface area contributed by atoms with Crippen molar-refractivity contribution in [2.45, 2.75) is 45.4 Å². The molecule has 0 atom stereocenters. The first kappa shape index (κ1) is 12.3. The van der Waals surface area contributed by atoms with Gasteiger partial charge < -0.3 is 10.6 Å². The van der Waals surface area contributed by atoms with E-state index in [4.69, 9.17) is 0 Å². The van der Waals surface area contributed by atoms with Gasteiger partial charge in [0.15, 0.2) is 0 Å². The molecule has 0 saturated carbocycles. The number of hydrogen-bond donors (Lipinski definition) is 2.